The van der Waals surface area contributed by atoms with Crippen molar-refractivity contribution in [1.82, 2.24) is 9.88 Å². The molecule has 2 saturated heterocycles. The number of rotatable bonds is 4. The number of fused-ring (bicyclic) bond motifs is 1. The average Bonchev–Trinajstić information content (AvgIpc) is 2.94. The summed E-state index contributed by atoms with van der Waals surface area (Å²) in [5, 5.41) is 0. The Labute approximate surface area is 114 Å². The molecule has 0 N–H and O–H groups in total. The lowest BCUT2D eigenvalue weighted by atomic mass is 9.82. The fourth-order valence-electron chi connectivity index (χ4n) is 3.12. The van der Waals surface area contributed by atoms with Gasteiger partial charge in [-0.15, -0.1) is 0 Å². The number of hydrogen-bond donors (Lipinski definition) is 0. The monoisotopic (exact) mass is 262 g/mol. The molecule has 0 bridgehead atoms. The Hall–Kier alpha value is -1.13. The summed E-state index contributed by atoms with van der Waals surface area (Å²) >= 11 is 0. The van der Waals surface area contributed by atoms with E-state index in [1.54, 1.807) is 6.20 Å². The Balaban J connectivity index is 1.68. The number of aromatic nitrogens is 1. The fraction of sp³-hybridized carbons (Fsp3) is 0.667. The van der Waals surface area contributed by atoms with E-state index >= 15 is 0 Å². The zero-order chi connectivity index (χ0) is 13.3. The molecule has 2 fully saturated rings. The van der Waals surface area contributed by atoms with Gasteiger partial charge in [-0.2, -0.15) is 0 Å². The van der Waals surface area contributed by atoms with Gasteiger partial charge in [0.25, 0.3) is 0 Å². The smallest absolute Gasteiger partial charge is 0.213 e. The van der Waals surface area contributed by atoms with Crippen molar-refractivity contribution in [1.29, 1.82) is 0 Å². The fourth-order valence-corrected chi connectivity index (χ4v) is 3.12. The first-order valence-electron chi connectivity index (χ1n) is 7.05. The largest absolute Gasteiger partial charge is 0.477 e. The molecule has 1 aromatic rings. The molecule has 2 atom stereocenters. The van der Waals surface area contributed by atoms with Gasteiger partial charge in [-0.3, -0.25) is 4.90 Å². The molecule has 0 saturated carbocycles. The van der Waals surface area contributed by atoms with Gasteiger partial charge in [0.05, 0.1) is 19.8 Å². The van der Waals surface area contributed by atoms with Crippen LogP contribution in [-0.2, 0) is 4.74 Å². The highest BCUT2D eigenvalue weighted by atomic mass is 16.5. The van der Waals surface area contributed by atoms with Crippen molar-refractivity contribution < 1.29 is 9.47 Å². The van der Waals surface area contributed by atoms with Crippen molar-refractivity contribution in [2.24, 2.45) is 11.3 Å². The summed E-state index contributed by atoms with van der Waals surface area (Å²) in [4.78, 5) is 6.76. The molecule has 19 heavy (non-hydrogen) atoms. The lowest BCUT2D eigenvalue weighted by Crippen LogP contribution is -2.38. The van der Waals surface area contributed by atoms with Crippen molar-refractivity contribution in [2.75, 3.05) is 32.9 Å². The van der Waals surface area contributed by atoms with E-state index in [2.05, 4.69) is 23.7 Å². The van der Waals surface area contributed by atoms with Crippen molar-refractivity contribution in [3.63, 3.8) is 0 Å². The first-order valence-corrected chi connectivity index (χ1v) is 7.05. The first kappa shape index (κ1) is 12.9. The molecule has 2 aliphatic rings. The van der Waals surface area contributed by atoms with Crippen LogP contribution >= 0.6 is 0 Å². The quantitative estimate of drug-likeness (QED) is 0.829. The minimum atomic E-state index is 0.155. The highest BCUT2D eigenvalue weighted by Gasteiger charge is 2.51. The Morgan fingerprint density at radius 3 is 3.16 bits per heavy atom. The van der Waals surface area contributed by atoms with Crippen LogP contribution in [0.25, 0.3) is 0 Å². The molecule has 3 heterocycles. The van der Waals surface area contributed by atoms with E-state index in [1.165, 1.54) is 0 Å². The van der Waals surface area contributed by atoms with E-state index < -0.39 is 0 Å². The third-order valence-corrected chi connectivity index (χ3v) is 4.42. The summed E-state index contributed by atoms with van der Waals surface area (Å²) in [5.41, 5.74) is 0.155. The maximum absolute atomic E-state index is 5.90. The predicted octanol–water partition coefficient (Wildman–Crippen LogP) is 1.82. The summed E-state index contributed by atoms with van der Waals surface area (Å²) in [6.45, 7) is 9.11. The molecular weight excluding hydrogens is 240 g/mol. The summed E-state index contributed by atoms with van der Waals surface area (Å²) in [5.74, 6) is 1.31. The Kier molecular flexibility index (Phi) is 3.46. The van der Waals surface area contributed by atoms with Crippen molar-refractivity contribution in [3.05, 3.63) is 24.4 Å². The molecule has 0 radical (unpaired) electrons. The van der Waals surface area contributed by atoms with Gasteiger partial charge in [0.2, 0.25) is 5.88 Å². The van der Waals surface area contributed by atoms with E-state index in [0.717, 1.165) is 26.3 Å². The molecule has 0 spiro atoms. The van der Waals surface area contributed by atoms with Crippen LogP contribution in [0.5, 0.6) is 5.88 Å². The van der Waals surface area contributed by atoms with E-state index in [-0.39, 0.29) is 5.41 Å². The van der Waals surface area contributed by atoms with Crippen LogP contribution in [0.15, 0.2) is 24.4 Å². The summed E-state index contributed by atoms with van der Waals surface area (Å²) < 4.78 is 11.6. The second kappa shape index (κ2) is 5.10. The molecule has 2 aliphatic heterocycles. The lowest BCUT2D eigenvalue weighted by Gasteiger charge is -2.28. The molecule has 104 valence electrons. The molecule has 4 heteroatoms. The van der Waals surface area contributed by atoms with Gasteiger partial charge >= 0.3 is 0 Å². The molecule has 3 rings (SSSR count). The van der Waals surface area contributed by atoms with Crippen LogP contribution in [0.3, 0.4) is 0 Å². The maximum atomic E-state index is 5.90. The van der Waals surface area contributed by atoms with Gasteiger partial charge < -0.3 is 9.47 Å². The zero-order valence-electron chi connectivity index (χ0n) is 11.7. The summed E-state index contributed by atoms with van der Waals surface area (Å²) in [7, 11) is 0. The van der Waals surface area contributed by atoms with Crippen LogP contribution in [0.1, 0.15) is 13.8 Å². The molecule has 0 aromatic carbocycles. The molecule has 0 amide bonds. The summed E-state index contributed by atoms with van der Waals surface area (Å²) in [6, 6.07) is 6.37. The second-order valence-electron chi connectivity index (χ2n) is 6.05. The molecule has 0 aliphatic carbocycles. The highest BCUT2D eigenvalue weighted by Crippen LogP contribution is 2.42. The van der Waals surface area contributed by atoms with Crippen molar-refractivity contribution in [2.45, 2.75) is 19.9 Å². The Bertz CT molecular complexity index is 423. The van der Waals surface area contributed by atoms with Crippen LogP contribution in [-0.4, -0.2) is 48.8 Å². The van der Waals surface area contributed by atoms with Gasteiger partial charge in [0.15, 0.2) is 0 Å². The van der Waals surface area contributed by atoms with Gasteiger partial charge in [0, 0.05) is 42.7 Å². The van der Waals surface area contributed by atoms with Crippen LogP contribution in [0.4, 0.5) is 0 Å². The SMILES string of the molecule is CC(C)N1C[C@@H]2COC[C@]2(COc2ccccn2)C1. The number of hydrogen-bond acceptors (Lipinski definition) is 4. The topological polar surface area (TPSA) is 34.6 Å². The highest BCUT2D eigenvalue weighted by molar-refractivity contribution is 5.10. The zero-order valence-corrected chi connectivity index (χ0v) is 11.7. The molecule has 4 nitrogen and oxygen atoms in total. The van der Waals surface area contributed by atoms with Crippen LogP contribution in [0.2, 0.25) is 0 Å². The number of pyridine rings is 1. The average molecular weight is 262 g/mol. The minimum absolute atomic E-state index is 0.155. The molecule has 0 unspecified atom stereocenters. The lowest BCUT2D eigenvalue weighted by molar-refractivity contribution is 0.0838. The van der Waals surface area contributed by atoms with Crippen molar-refractivity contribution >= 4 is 0 Å². The van der Waals surface area contributed by atoms with E-state index in [1.807, 2.05) is 18.2 Å². The van der Waals surface area contributed by atoms with Gasteiger partial charge in [-0.05, 0) is 19.9 Å². The van der Waals surface area contributed by atoms with Crippen LogP contribution < -0.4 is 4.74 Å². The standard InChI is InChI=1S/C15H22N2O2/c1-12(2)17-7-13-8-18-10-15(13,9-17)11-19-14-5-3-4-6-16-14/h3-6,12-13H,7-11H2,1-2H3/t13-,15+/m1/s1. The van der Waals surface area contributed by atoms with Gasteiger partial charge in [0.1, 0.15) is 0 Å². The normalized spacial score (nSPS) is 30.8. The van der Waals surface area contributed by atoms with E-state index in [4.69, 9.17) is 9.47 Å². The number of likely N-dealkylation sites (tertiary alicyclic amines) is 1. The summed E-state index contributed by atoms with van der Waals surface area (Å²) in [6.07, 6.45) is 1.77. The third kappa shape index (κ3) is 2.47. The maximum Gasteiger partial charge on any atom is 0.213 e. The molecular formula is C15H22N2O2. The second-order valence-corrected chi connectivity index (χ2v) is 6.05. The van der Waals surface area contributed by atoms with Crippen LogP contribution in [0, 0.1) is 11.3 Å². The Morgan fingerprint density at radius 2 is 2.42 bits per heavy atom. The number of nitrogens with zero attached hydrogens (tertiary/aromatic N) is 2. The first-order chi connectivity index (χ1) is 9.20. The predicted molar refractivity (Wildman–Crippen MR) is 73.2 cm³/mol. The van der Waals surface area contributed by atoms with Crippen molar-refractivity contribution in [3.8, 4) is 5.88 Å². The Morgan fingerprint density at radius 1 is 1.53 bits per heavy atom. The van der Waals surface area contributed by atoms with E-state index in [0.29, 0.717) is 24.4 Å². The van der Waals surface area contributed by atoms with E-state index in [9.17, 15) is 0 Å². The van der Waals surface area contributed by atoms with Gasteiger partial charge in [-0.25, -0.2) is 4.98 Å². The van der Waals surface area contributed by atoms with Gasteiger partial charge in [-0.1, -0.05) is 6.07 Å². The third-order valence-electron chi connectivity index (χ3n) is 4.42. The number of ether oxygens (including phenoxy) is 2. The molecule has 1 aromatic heterocycles. The minimum Gasteiger partial charge on any atom is -0.477 e.